The molecule has 0 bridgehead atoms. The Hall–Kier alpha value is -0.610. The van der Waals surface area contributed by atoms with Gasteiger partial charge in [0.25, 0.3) is 0 Å². The number of hydrogen-bond acceptors (Lipinski definition) is 3. The van der Waals surface area contributed by atoms with E-state index >= 15 is 0 Å². The minimum Gasteiger partial charge on any atom is -0.393 e. The van der Waals surface area contributed by atoms with E-state index in [1.54, 1.807) is 0 Å². The van der Waals surface area contributed by atoms with Crippen molar-refractivity contribution >= 4 is 5.91 Å². The number of amides is 1. The largest absolute Gasteiger partial charge is 0.393 e. The molecular weight excluding hydrogens is 240 g/mol. The summed E-state index contributed by atoms with van der Waals surface area (Å²) in [5.74, 6) is 0.324. The maximum Gasteiger partial charge on any atom is 0.237 e. The first-order valence-electron chi connectivity index (χ1n) is 7.57. The molecule has 0 spiro atoms. The van der Waals surface area contributed by atoms with Crippen LogP contribution < -0.4 is 5.32 Å². The van der Waals surface area contributed by atoms with Crippen LogP contribution in [-0.2, 0) is 4.79 Å². The Bertz CT molecular complexity index is 284. The minimum atomic E-state index is -0.333. The lowest BCUT2D eigenvalue weighted by atomic mass is 10.0. The normalized spacial score (nSPS) is 27.5. The molecule has 4 heteroatoms. The summed E-state index contributed by atoms with van der Waals surface area (Å²) in [5.41, 5.74) is 0. The Labute approximate surface area is 117 Å². The molecule has 1 heterocycles. The first-order chi connectivity index (χ1) is 8.84. The Balaban J connectivity index is 2.37. The second kappa shape index (κ2) is 7.25. The van der Waals surface area contributed by atoms with Crippen molar-refractivity contribution in [3.8, 4) is 0 Å². The number of aliphatic hydroxyl groups excluding tert-OH is 1. The van der Waals surface area contributed by atoms with Gasteiger partial charge in [-0.25, -0.2) is 0 Å². The number of aliphatic hydroxyl groups is 1. The maximum atomic E-state index is 12.1. The SMILES string of the molecule is CC(C)C(O)CCNC(=O)C(C)N1C(C)CCC1C. The van der Waals surface area contributed by atoms with Gasteiger partial charge >= 0.3 is 0 Å². The number of rotatable bonds is 6. The number of carbonyl (C=O) groups is 1. The lowest BCUT2D eigenvalue weighted by Crippen LogP contribution is -2.49. The Morgan fingerprint density at radius 3 is 2.26 bits per heavy atom. The number of nitrogens with one attached hydrogen (secondary N) is 1. The molecule has 0 aromatic rings. The smallest absolute Gasteiger partial charge is 0.237 e. The van der Waals surface area contributed by atoms with Crippen molar-refractivity contribution in [2.45, 2.75) is 78.1 Å². The van der Waals surface area contributed by atoms with Gasteiger partial charge in [-0.15, -0.1) is 0 Å². The van der Waals surface area contributed by atoms with E-state index in [0.717, 1.165) is 0 Å². The molecule has 0 saturated carbocycles. The average Bonchev–Trinajstić information content (AvgIpc) is 2.67. The maximum absolute atomic E-state index is 12.1. The first kappa shape index (κ1) is 16.4. The highest BCUT2D eigenvalue weighted by Crippen LogP contribution is 2.25. The topological polar surface area (TPSA) is 52.6 Å². The summed E-state index contributed by atoms with van der Waals surface area (Å²) in [6, 6.07) is 0.887. The standard InChI is InChI=1S/C15H30N2O2/c1-10(2)14(18)8-9-16-15(19)13(5)17-11(3)6-7-12(17)4/h10-14,18H,6-9H2,1-5H3,(H,16,19). The first-order valence-corrected chi connectivity index (χ1v) is 7.57. The third-order valence-corrected chi connectivity index (χ3v) is 4.36. The van der Waals surface area contributed by atoms with Gasteiger partial charge in [-0.3, -0.25) is 9.69 Å². The van der Waals surface area contributed by atoms with Crippen LogP contribution >= 0.6 is 0 Å². The summed E-state index contributed by atoms with van der Waals surface area (Å²) in [5, 5.41) is 12.7. The quantitative estimate of drug-likeness (QED) is 0.773. The Morgan fingerprint density at radius 1 is 1.26 bits per heavy atom. The van der Waals surface area contributed by atoms with Gasteiger partial charge in [-0.1, -0.05) is 13.8 Å². The molecule has 1 aliphatic rings. The summed E-state index contributed by atoms with van der Waals surface area (Å²) in [4.78, 5) is 14.4. The summed E-state index contributed by atoms with van der Waals surface area (Å²) >= 11 is 0. The highest BCUT2D eigenvalue weighted by molar-refractivity contribution is 5.81. The molecule has 1 amide bonds. The highest BCUT2D eigenvalue weighted by atomic mass is 16.3. The van der Waals surface area contributed by atoms with Gasteiger partial charge in [-0.05, 0) is 46.0 Å². The molecular formula is C15H30N2O2. The summed E-state index contributed by atoms with van der Waals surface area (Å²) in [6.07, 6.45) is 2.64. The van der Waals surface area contributed by atoms with Crippen LogP contribution in [0.4, 0.5) is 0 Å². The van der Waals surface area contributed by atoms with Crippen LogP contribution in [0.25, 0.3) is 0 Å². The third kappa shape index (κ3) is 4.46. The average molecular weight is 270 g/mol. The Morgan fingerprint density at radius 2 is 1.79 bits per heavy atom. The fourth-order valence-electron chi connectivity index (χ4n) is 2.94. The molecule has 1 rings (SSSR count). The van der Waals surface area contributed by atoms with E-state index in [9.17, 15) is 9.90 Å². The summed E-state index contributed by atoms with van der Waals surface area (Å²) < 4.78 is 0. The predicted octanol–water partition coefficient (Wildman–Crippen LogP) is 1.77. The fraction of sp³-hybridized carbons (Fsp3) is 0.933. The second-order valence-electron chi connectivity index (χ2n) is 6.29. The molecule has 2 N–H and O–H groups in total. The van der Waals surface area contributed by atoms with E-state index in [0.29, 0.717) is 25.0 Å². The molecule has 0 aromatic carbocycles. The van der Waals surface area contributed by atoms with Crippen molar-refractivity contribution in [2.24, 2.45) is 5.92 Å². The molecule has 19 heavy (non-hydrogen) atoms. The molecule has 4 unspecified atom stereocenters. The zero-order valence-electron chi connectivity index (χ0n) is 13.0. The number of hydrogen-bond donors (Lipinski definition) is 2. The molecule has 0 radical (unpaired) electrons. The monoisotopic (exact) mass is 270 g/mol. The van der Waals surface area contributed by atoms with E-state index in [1.807, 2.05) is 20.8 Å². The van der Waals surface area contributed by atoms with Gasteiger partial charge in [0.1, 0.15) is 0 Å². The molecule has 112 valence electrons. The van der Waals surface area contributed by atoms with Crippen LogP contribution in [0.1, 0.15) is 53.9 Å². The van der Waals surface area contributed by atoms with Crippen molar-refractivity contribution in [2.75, 3.05) is 6.54 Å². The zero-order chi connectivity index (χ0) is 14.6. The molecule has 1 aliphatic heterocycles. The minimum absolute atomic E-state index is 0.0799. The van der Waals surface area contributed by atoms with Crippen LogP contribution in [0.5, 0.6) is 0 Å². The predicted molar refractivity (Wildman–Crippen MR) is 77.9 cm³/mol. The third-order valence-electron chi connectivity index (χ3n) is 4.36. The molecule has 1 saturated heterocycles. The number of likely N-dealkylation sites (tertiary alicyclic amines) is 1. The lowest BCUT2D eigenvalue weighted by molar-refractivity contribution is -0.126. The van der Waals surface area contributed by atoms with E-state index in [4.69, 9.17) is 0 Å². The zero-order valence-corrected chi connectivity index (χ0v) is 13.0. The fourth-order valence-corrected chi connectivity index (χ4v) is 2.94. The van der Waals surface area contributed by atoms with Gasteiger partial charge in [-0.2, -0.15) is 0 Å². The van der Waals surface area contributed by atoms with Gasteiger partial charge in [0, 0.05) is 18.6 Å². The summed E-state index contributed by atoms with van der Waals surface area (Å²) in [6.45, 7) is 10.9. The van der Waals surface area contributed by atoms with Crippen molar-refractivity contribution in [1.82, 2.24) is 10.2 Å². The molecule has 4 atom stereocenters. The van der Waals surface area contributed by atoms with Crippen molar-refractivity contribution in [3.63, 3.8) is 0 Å². The lowest BCUT2D eigenvalue weighted by Gasteiger charge is -2.31. The van der Waals surface area contributed by atoms with Crippen LogP contribution in [0.2, 0.25) is 0 Å². The van der Waals surface area contributed by atoms with E-state index < -0.39 is 0 Å². The van der Waals surface area contributed by atoms with Crippen LogP contribution in [0.3, 0.4) is 0 Å². The van der Waals surface area contributed by atoms with E-state index in [-0.39, 0.29) is 24.0 Å². The van der Waals surface area contributed by atoms with Gasteiger partial charge < -0.3 is 10.4 Å². The van der Waals surface area contributed by atoms with Crippen LogP contribution in [-0.4, -0.2) is 46.7 Å². The molecule has 4 nitrogen and oxygen atoms in total. The van der Waals surface area contributed by atoms with Gasteiger partial charge in [0.05, 0.1) is 12.1 Å². The summed E-state index contributed by atoms with van der Waals surface area (Å²) in [7, 11) is 0. The molecule has 0 aromatic heterocycles. The number of nitrogens with zero attached hydrogens (tertiary/aromatic N) is 1. The van der Waals surface area contributed by atoms with Crippen molar-refractivity contribution in [1.29, 1.82) is 0 Å². The molecule has 0 aliphatic carbocycles. The van der Waals surface area contributed by atoms with Gasteiger partial charge in [0.15, 0.2) is 0 Å². The van der Waals surface area contributed by atoms with Crippen LogP contribution in [0, 0.1) is 5.92 Å². The van der Waals surface area contributed by atoms with E-state index in [2.05, 4.69) is 24.1 Å². The Kier molecular flexibility index (Phi) is 6.27. The second-order valence-corrected chi connectivity index (χ2v) is 6.29. The van der Waals surface area contributed by atoms with Crippen molar-refractivity contribution < 1.29 is 9.90 Å². The van der Waals surface area contributed by atoms with Gasteiger partial charge in [0.2, 0.25) is 5.91 Å². The van der Waals surface area contributed by atoms with E-state index in [1.165, 1.54) is 12.8 Å². The highest BCUT2D eigenvalue weighted by Gasteiger charge is 2.34. The van der Waals surface area contributed by atoms with Crippen LogP contribution in [0.15, 0.2) is 0 Å². The number of carbonyl (C=O) groups excluding carboxylic acids is 1. The van der Waals surface area contributed by atoms with Crippen molar-refractivity contribution in [3.05, 3.63) is 0 Å². The molecule has 1 fully saturated rings.